The van der Waals surface area contributed by atoms with Gasteiger partial charge in [0.1, 0.15) is 19.3 Å². The van der Waals surface area contributed by atoms with E-state index in [2.05, 4.69) is 55.4 Å². The molecule has 0 heterocycles. The van der Waals surface area contributed by atoms with E-state index in [4.69, 9.17) is 37.0 Å². The highest BCUT2D eigenvalue weighted by atomic mass is 31.2. The van der Waals surface area contributed by atoms with Crippen molar-refractivity contribution in [1.82, 2.24) is 0 Å². The van der Waals surface area contributed by atoms with Crippen LogP contribution >= 0.6 is 15.6 Å². The summed E-state index contributed by atoms with van der Waals surface area (Å²) in [7, 11) is -9.93. The Balaban J connectivity index is 5.23. The Morgan fingerprint density at radius 3 is 0.602 bits per heavy atom. The normalized spacial score (nSPS) is 14.0. The predicted molar refractivity (Wildman–Crippen MR) is 423 cm³/mol. The molecule has 0 amide bonds. The van der Waals surface area contributed by atoms with Crippen LogP contribution in [0.1, 0.15) is 434 Å². The van der Waals surface area contributed by atoms with Crippen LogP contribution in [0.2, 0.25) is 0 Å². The zero-order valence-electron chi connectivity index (χ0n) is 68.0. The van der Waals surface area contributed by atoms with Crippen LogP contribution in [0.25, 0.3) is 0 Å². The topological polar surface area (TPSA) is 237 Å². The molecule has 0 fully saturated rings. The second-order valence-corrected chi connectivity index (χ2v) is 35.0. The zero-order chi connectivity index (χ0) is 76.0. The van der Waals surface area contributed by atoms with Gasteiger partial charge < -0.3 is 33.8 Å². The second kappa shape index (κ2) is 72.9. The first-order chi connectivity index (χ1) is 49.6. The summed E-state index contributed by atoms with van der Waals surface area (Å²) in [4.78, 5) is 73.1. The van der Waals surface area contributed by atoms with Crippen LogP contribution in [-0.4, -0.2) is 96.7 Å². The Hall–Kier alpha value is -1.94. The van der Waals surface area contributed by atoms with Gasteiger partial charge in [0.15, 0.2) is 12.2 Å². The molecule has 0 aliphatic rings. The Bertz CT molecular complexity index is 2010. The SMILES string of the molecule is CC(C)CCCCCCCCCCCCCCCCCCCCC(=O)O[C@H](COC(=O)CCCCCCCCCCCCCCCC(C)C)COP(=O)(O)OCC(O)COP(=O)(O)OC[C@@H](COC(=O)CCCCCCCCCC(C)C)OC(=O)CCCCCCCCCCCCCCCC(C)C. The van der Waals surface area contributed by atoms with E-state index in [1.807, 2.05) is 0 Å². The van der Waals surface area contributed by atoms with Crippen molar-refractivity contribution in [2.75, 3.05) is 39.6 Å². The van der Waals surface area contributed by atoms with E-state index in [0.29, 0.717) is 31.6 Å². The molecule has 612 valence electrons. The van der Waals surface area contributed by atoms with Crippen LogP contribution in [0.5, 0.6) is 0 Å². The standard InChI is InChI=1S/C84H164O17P2/c1-74(2)60-52-44-36-29-23-17-13-11-9-10-12-14-20-27-33-41-50-58-66-83(88)100-79(70-94-81(86)64-56-48-40-32-26-21-15-18-24-30-37-45-53-61-75(3)4)72-98-102(90,91)96-68-78(85)69-97-103(92,93)99-73-80(71-95-82(87)65-57-49-43-35-39-47-55-63-77(7)8)101-84(89)67-59-51-42-34-28-22-16-19-25-31-38-46-54-62-76(5)6/h74-80,85H,9-73H2,1-8H3,(H,90,91)(H,92,93)/t78?,79-,80-/m1/s1. The average Bonchev–Trinajstić information content (AvgIpc) is 0.987. The van der Waals surface area contributed by atoms with E-state index in [9.17, 15) is 43.2 Å². The highest BCUT2D eigenvalue weighted by Crippen LogP contribution is 2.45. The van der Waals surface area contributed by atoms with E-state index in [0.717, 1.165) is 114 Å². The van der Waals surface area contributed by atoms with Crippen molar-refractivity contribution < 1.29 is 80.2 Å². The number of hydrogen-bond donors (Lipinski definition) is 3. The minimum absolute atomic E-state index is 0.106. The summed E-state index contributed by atoms with van der Waals surface area (Å²) in [5.74, 6) is 0.992. The Morgan fingerprint density at radius 1 is 0.243 bits per heavy atom. The molecule has 5 atom stereocenters. The smallest absolute Gasteiger partial charge is 0.462 e. The maximum absolute atomic E-state index is 13.1. The molecule has 0 aromatic carbocycles. The fourth-order valence-electron chi connectivity index (χ4n) is 13.0. The summed E-state index contributed by atoms with van der Waals surface area (Å²) in [5, 5.41) is 10.7. The molecule has 0 aromatic heterocycles. The lowest BCUT2D eigenvalue weighted by Gasteiger charge is -2.21. The Morgan fingerprint density at radius 2 is 0.408 bits per heavy atom. The molecule has 0 spiro atoms. The summed E-state index contributed by atoms with van der Waals surface area (Å²) in [6.07, 6.45) is 61.2. The summed E-state index contributed by atoms with van der Waals surface area (Å²) >= 11 is 0. The molecule has 3 unspecified atom stereocenters. The van der Waals surface area contributed by atoms with Gasteiger partial charge >= 0.3 is 39.5 Å². The van der Waals surface area contributed by atoms with Gasteiger partial charge in [-0.05, 0) is 49.4 Å². The van der Waals surface area contributed by atoms with Gasteiger partial charge in [-0.2, -0.15) is 0 Å². The minimum atomic E-state index is -4.97. The lowest BCUT2D eigenvalue weighted by Crippen LogP contribution is -2.30. The second-order valence-electron chi connectivity index (χ2n) is 32.1. The van der Waals surface area contributed by atoms with E-state index in [-0.39, 0.29) is 25.7 Å². The predicted octanol–water partition coefficient (Wildman–Crippen LogP) is 25.2. The largest absolute Gasteiger partial charge is 0.472 e. The molecule has 19 heteroatoms. The van der Waals surface area contributed by atoms with Gasteiger partial charge in [-0.25, -0.2) is 9.13 Å². The first kappa shape index (κ1) is 101. The zero-order valence-corrected chi connectivity index (χ0v) is 69.7. The first-order valence-corrected chi connectivity index (χ1v) is 46.2. The Labute approximate surface area is 632 Å². The van der Waals surface area contributed by atoms with E-state index in [1.165, 1.54) is 231 Å². The number of esters is 4. The molecule has 17 nitrogen and oxygen atoms in total. The van der Waals surface area contributed by atoms with Crippen molar-refractivity contribution >= 4 is 39.5 Å². The first-order valence-electron chi connectivity index (χ1n) is 43.2. The number of aliphatic hydroxyl groups is 1. The van der Waals surface area contributed by atoms with Crippen LogP contribution in [0, 0.1) is 23.7 Å². The van der Waals surface area contributed by atoms with Crippen molar-refractivity contribution in [3.63, 3.8) is 0 Å². The fraction of sp³-hybridized carbons (Fsp3) is 0.952. The molecular weight excluding hydrogens is 1340 g/mol. The highest BCUT2D eigenvalue weighted by molar-refractivity contribution is 7.47. The van der Waals surface area contributed by atoms with Gasteiger partial charge in [0.05, 0.1) is 26.4 Å². The third-order valence-electron chi connectivity index (χ3n) is 19.6. The van der Waals surface area contributed by atoms with Gasteiger partial charge in [-0.1, -0.05) is 383 Å². The fourth-order valence-corrected chi connectivity index (χ4v) is 14.5. The molecule has 0 bridgehead atoms. The molecule has 0 aromatic rings. The van der Waals surface area contributed by atoms with Gasteiger partial charge in [0.2, 0.25) is 0 Å². The highest BCUT2D eigenvalue weighted by Gasteiger charge is 2.30. The number of ether oxygens (including phenoxy) is 4. The number of aliphatic hydroxyl groups excluding tert-OH is 1. The van der Waals surface area contributed by atoms with Gasteiger partial charge in [0, 0.05) is 25.7 Å². The van der Waals surface area contributed by atoms with Crippen LogP contribution in [0.4, 0.5) is 0 Å². The quantitative estimate of drug-likeness (QED) is 0.0222. The third-order valence-corrected chi connectivity index (χ3v) is 21.5. The van der Waals surface area contributed by atoms with Crippen LogP contribution in [0.15, 0.2) is 0 Å². The third kappa shape index (κ3) is 78.0. The minimum Gasteiger partial charge on any atom is -0.462 e. The van der Waals surface area contributed by atoms with Gasteiger partial charge in [0.25, 0.3) is 0 Å². The molecular formula is C84H164O17P2. The number of phosphoric acid groups is 2. The maximum Gasteiger partial charge on any atom is 0.472 e. The molecule has 103 heavy (non-hydrogen) atoms. The number of carbonyl (C=O) groups excluding carboxylic acids is 4. The number of rotatable bonds is 81. The Kier molecular flexibility index (Phi) is 71.5. The van der Waals surface area contributed by atoms with E-state index < -0.39 is 97.5 Å². The summed E-state index contributed by atoms with van der Waals surface area (Å²) < 4.78 is 68.8. The molecule has 3 N–H and O–H groups in total. The van der Waals surface area contributed by atoms with Crippen molar-refractivity contribution in [2.24, 2.45) is 23.7 Å². The molecule has 0 saturated carbocycles. The molecule has 0 aliphatic carbocycles. The lowest BCUT2D eigenvalue weighted by molar-refractivity contribution is -0.161. The number of carbonyl (C=O) groups is 4. The van der Waals surface area contributed by atoms with Crippen molar-refractivity contribution in [1.29, 1.82) is 0 Å². The molecule has 0 rings (SSSR count). The monoisotopic (exact) mass is 1510 g/mol. The number of phosphoric ester groups is 2. The molecule has 0 radical (unpaired) electrons. The molecule has 0 aliphatic heterocycles. The summed E-state index contributed by atoms with van der Waals surface area (Å²) in [6, 6.07) is 0. The maximum atomic E-state index is 13.1. The van der Waals surface area contributed by atoms with Crippen molar-refractivity contribution in [3.05, 3.63) is 0 Å². The van der Waals surface area contributed by atoms with Crippen molar-refractivity contribution in [2.45, 2.75) is 453 Å². The van der Waals surface area contributed by atoms with Crippen molar-refractivity contribution in [3.8, 4) is 0 Å². The lowest BCUT2D eigenvalue weighted by atomic mass is 10.0. The van der Waals surface area contributed by atoms with E-state index in [1.54, 1.807) is 0 Å². The van der Waals surface area contributed by atoms with Gasteiger partial charge in [-0.15, -0.1) is 0 Å². The van der Waals surface area contributed by atoms with Crippen LogP contribution < -0.4 is 0 Å². The van der Waals surface area contributed by atoms with Gasteiger partial charge in [-0.3, -0.25) is 37.3 Å². The summed E-state index contributed by atoms with van der Waals surface area (Å²) in [5.41, 5.74) is 0. The number of unbranched alkanes of at least 4 members (excludes halogenated alkanes) is 47. The van der Waals surface area contributed by atoms with Crippen LogP contribution in [-0.2, 0) is 65.4 Å². The molecule has 0 saturated heterocycles. The van der Waals surface area contributed by atoms with Crippen LogP contribution in [0.3, 0.4) is 0 Å². The average molecular weight is 1510 g/mol. The van der Waals surface area contributed by atoms with E-state index >= 15 is 0 Å². The number of hydrogen-bond acceptors (Lipinski definition) is 15. The summed E-state index contributed by atoms with van der Waals surface area (Å²) in [6.45, 7) is 14.3.